The Morgan fingerprint density at radius 1 is 1.36 bits per heavy atom. The van der Waals surface area contributed by atoms with E-state index >= 15 is 0 Å². The number of halogens is 3. The van der Waals surface area contributed by atoms with Crippen LogP contribution in [0.1, 0.15) is 13.8 Å². The summed E-state index contributed by atoms with van der Waals surface area (Å²) in [5.41, 5.74) is 0. The average molecular weight is 168 g/mol. The average Bonchev–Trinajstić information content (AvgIpc) is 1.78. The molecule has 11 heavy (non-hydrogen) atoms. The van der Waals surface area contributed by atoms with Crippen LogP contribution in [0.2, 0.25) is 0 Å². The minimum absolute atomic E-state index is 0.245. The number of allylic oxidation sites excluding steroid dienone is 1. The van der Waals surface area contributed by atoms with Crippen LogP contribution in [0.5, 0.6) is 0 Å². The molecule has 66 valence electrons. The topological polar surface area (TPSA) is 16.6 Å². The summed E-state index contributed by atoms with van der Waals surface area (Å²) in [5, 5.41) is 1.53. The highest BCUT2D eigenvalue weighted by Gasteiger charge is 2.22. The Labute approximate surface area is 64.3 Å². The fraction of sp³-hybridized carbons (Fsp3) is 0.714. The van der Waals surface area contributed by atoms with Gasteiger partial charge in [0.15, 0.2) is 0 Å². The van der Waals surface area contributed by atoms with Gasteiger partial charge in [0.2, 0.25) is 0 Å². The molecule has 0 unspecified atom stereocenters. The van der Waals surface area contributed by atoms with Crippen LogP contribution >= 0.6 is 0 Å². The molecule has 0 atom stereocenters. The standard InChI is InChI=1S/C7H12F3N/c1-6(2)5-11-4-3-7(8,9)10/h3-4,6,11H,5H2,1-2H3/p+1. The van der Waals surface area contributed by atoms with Crippen molar-refractivity contribution in [2.45, 2.75) is 20.0 Å². The summed E-state index contributed by atoms with van der Waals surface area (Å²) in [6.45, 7) is 4.60. The lowest BCUT2D eigenvalue weighted by Gasteiger charge is -1.99. The highest BCUT2D eigenvalue weighted by molar-refractivity contribution is 4.80. The first-order valence-corrected chi connectivity index (χ1v) is 3.49. The summed E-state index contributed by atoms with van der Waals surface area (Å²) in [6, 6.07) is 0. The van der Waals surface area contributed by atoms with Crippen LogP contribution in [0, 0.1) is 5.92 Å². The van der Waals surface area contributed by atoms with Gasteiger partial charge in [-0.05, 0) is 0 Å². The lowest BCUT2D eigenvalue weighted by Crippen LogP contribution is -2.79. The van der Waals surface area contributed by atoms with Crippen LogP contribution < -0.4 is 5.32 Å². The van der Waals surface area contributed by atoms with Crippen LogP contribution in [-0.2, 0) is 0 Å². The van der Waals surface area contributed by atoms with Crippen molar-refractivity contribution >= 4 is 0 Å². The molecule has 0 saturated carbocycles. The summed E-state index contributed by atoms with van der Waals surface area (Å²) in [5.74, 6) is 0.410. The van der Waals surface area contributed by atoms with E-state index in [-0.39, 0.29) is 6.08 Å². The molecule has 0 aromatic heterocycles. The first kappa shape index (κ1) is 10.5. The quantitative estimate of drug-likeness (QED) is 0.653. The number of hydrogen-bond donors (Lipinski definition) is 1. The first-order chi connectivity index (χ1) is 4.92. The predicted octanol–water partition coefficient (Wildman–Crippen LogP) is 1.28. The first-order valence-electron chi connectivity index (χ1n) is 3.49. The Hall–Kier alpha value is -0.510. The van der Waals surface area contributed by atoms with Crippen LogP contribution in [0.4, 0.5) is 13.2 Å². The molecule has 0 aliphatic rings. The predicted molar refractivity (Wildman–Crippen MR) is 36.8 cm³/mol. The van der Waals surface area contributed by atoms with E-state index in [0.717, 1.165) is 6.20 Å². The molecule has 0 heterocycles. The minimum Gasteiger partial charge on any atom is -0.320 e. The number of nitrogens with two attached hydrogens (primary N) is 1. The van der Waals surface area contributed by atoms with Crippen LogP contribution in [0.25, 0.3) is 0 Å². The van der Waals surface area contributed by atoms with E-state index in [2.05, 4.69) is 0 Å². The van der Waals surface area contributed by atoms with Crippen LogP contribution in [0.3, 0.4) is 0 Å². The SMILES string of the molecule is CC(C)C[NH2+]C=CC(F)(F)F. The second-order valence-electron chi connectivity index (χ2n) is 2.77. The van der Waals surface area contributed by atoms with Crippen molar-refractivity contribution in [3.8, 4) is 0 Å². The third-order valence-corrected chi connectivity index (χ3v) is 1.03. The van der Waals surface area contributed by atoms with Gasteiger partial charge in [-0.1, -0.05) is 13.8 Å². The van der Waals surface area contributed by atoms with Crippen molar-refractivity contribution in [2.24, 2.45) is 5.92 Å². The van der Waals surface area contributed by atoms with Crippen LogP contribution in [0.15, 0.2) is 12.3 Å². The highest BCUT2D eigenvalue weighted by Crippen LogP contribution is 2.14. The third-order valence-electron chi connectivity index (χ3n) is 1.03. The summed E-state index contributed by atoms with van der Waals surface area (Å²) >= 11 is 0. The van der Waals surface area contributed by atoms with Gasteiger partial charge in [0.05, 0.1) is 18.8 Å². The summed E-state index contributed by atoms with van der Waals surface area (Å²) in [4.78, 5) is 0. The fourth-order valence-electron chi connectivity index (χ4n) is 0.528. The van der Waals surface area contributed by atoms with Crippen molar-refractivity contribution in [1.82, 2.24) is 0 Å². The molecule has 0 bridgehead atoms. The molecule has 2 N–H and O–H groups in total. The Balaban J connectivity index is 3.46. The molecule has 0 rings (SSSR count). The summed E-state index contributed by atoms with van der Waals surface area (Å²) in [7, 11) is 0. The molecular weight excluding hydrogens is 155 g/mol. The van der Waals surface area contributed by atoms with Gasteiger partial charge < -0.3 is 5.32 Å². The Morgan fingerprint density at radius 2 is 1.91 bits per heavy atom. The van der Waals surface area contributed by atoms with Gasteiger partial charge in [-0.3, -0.25) is 0 Å². The normalized spacial score (nSPS) is 13.3. The van der Waals surface area contributed by atoms with Crippen LogP contribution in [-0.4, -0.2) is 12.7 Å². The van der Waals surface area contributed by atoms with Crippen molar-refractivity contribution in [3.05, 3.63) is 12.3 Å². The number of quaternary nitrogens is 1. The second kappa shape index (κ2) is 4.38. The molecular formula is C7H13F3N+. The van der Waals surface area contributed by atoms with Crippen molar-refractivity contribution in [1.29, 1.82) is 0 Å². The molecule has 1 nitrogen and oxygen atoms in total. The molecule has 0 aliphatic heterocycles. The molecule has 0 radical (unpaired) electrons. The molecule has 0 aromatic rings. The van der Waals surface area contributed by atoms with Gasteiger partial charge in [0.1, 0.15) is 0 Å². The summed E-state index contributed by atoms with van der Waals surface area (Å²) < 4.78 is 34.4. The van der Waals surface area contributed by atoms with E-state index in [4.69, 9.17) is 0 Å². The van der Waals surface area contributed by atoms with Gasteiger partial charge in [-0.25, -0.2) is 0 Å². The zero-order chi connectivity index (χ0) is 8.91. The maximum Gasteiger partial charge on any atom is 0.414 e. The zero-order valence-electron chi connectivity index (χ0n) is 6.65. The number of alkyl halides is 3. The Morgan fingerprint density at radius 3 is 2.27 bits per heavy atom. The lowest BCUT2D eigenvalue weighted by molar-refractivity contribution is -0.594. The maximum atomic E-state index is 11.5. The van der Waals surface area contributed by atoms with E-state index in [1.54, 1.807) is 0 Å². The fourth-order valence-corrected chi connectivity index (χ4v) is 0.528. The molecule has 0 fully saturated rings. The van der Waals surface area contributed by atoms with Gasteiger partial charge >= 0.3 is 6.18 Å². The van der Waals surface area contributed by atoms with Gasteiger partial charge in [0, 0.05) is 5.92 Å². The molecule has 0 aromatic carbocycles. The van der Waals surface area contributed by atoms with E-state index in [9.17, 15) is 13.2 Å². The maximum absolute atomic E-state index is 11.5. The third kappa shape index (κ3) is 9.49. The van der Waals surface area contributed by atoms with Crippen molar-refractivity contribution in [3.63, 3.8) is 0 Å². The van der Waals surface area contributed by atoms with Gasteiger partial charge in [-0.2, -0.15) is 13.2 Å². The molecule has 0 aliphatic carbocycles. The minimum atomic E-state index is -4.17. The Bertz CT molecular complexity index is 126. The molecule has 4 heteroatoms. The van der Waals surface area contributed by atoms with Gasteiger partial charge in [-0.15, -0.1) is 0 Å². The van der Waals surface area contributed by atoms with Crippen molar-refractivity contribution in [2.75, 3.05) is 6.54 Å². The highest BCUT2D eigenvalue weighted by atomic mass is 19.4. The van der Waals surface area contributed by atoms with E-state index in [0.29, 0.717) is 12.5 Å². The number of hydrogen-bond acceptors (Lipinski definition) is 0. The van der Waals surface area contributed by atoms with Gasteiger partial charge in [0.25, 0.3) is 0 Å². The zero-order valence-corrected chi connectivity index (χ0v) is 6.65. The lowest BCUT2D eigenvalue weighted by atomic mass is 10.2. The van der Waals surface area contributed by atoms with E-state index < -0.39 is 6.18 Å². The van der Waals surface area contributed by atoms with Crippen molar-refractivity contribution < 1.29 is 18.5 Å². The molecule has 0 saturated heterocycles. The van der Waals surface area contributed by atoms with E-state index in [1.807, 2.05) is 13.8 Å². The Kier molecular flexibility index (Phi) is 4.18. The monoisotopic (exact) mass is 168 g/mol. The molecule has 0 amide bonds. The largest absolute Gasteiger partial charge is 0.414 e. The second-order valence-corrected chi connectivity index (χ2v) is 2.77. The molecule has 0 spiro atoms. The smallest absolute Gasteiger partial charge is 0.320 e. The van der Waals surface area contributed by atoms with E-state index in [1.165, 1.54) is 5.32 Å². The summed E-state index contributed by atoms with van der Waals surface area (Å²) in [6.07, 6.45) is -2.87. The number of rotatable bonds is 3.